The fourth-order valence-electron chi connectivity index (χ4n) is 3.01. The van der Waals surface area contributed by atoms with Crippen molar-refractivity contribution in [1.29, 1.82) is 0 Å². The van der Waals surface area contributed by atoms with E-state index < -0.39 is 14.6 Å². The third-order valence-electron chi connectivity index (χ3n) is 4.43. The number of amides is 1. The van der Waals surface area contributed by atoms with Crippen LogP contribution >= 0.6 is 0 Å². The average molecular weight is 288 g/mol. The molecule has 0 radical (unpaired) electrons. The molecule has 19 heavy (non-hydrogen) atoms. The van der Waals surface area contributed by atoms with Crippen LogP contribution < -0.4 is 10.6 Å². The summed E-state index contributed by atoms with van der Waals surface area (Å²) in [6.45, 7) is 3.30. The Hall–Kier alpha value is -0.620. The molecule has 2 N–H and O–H groups in total. The third-order valence-corrected chi connectivity index (χ3v) is 6.45. The van der Waals surface area contributed by atoms with Gasteiger partial charge in [-0.1, -0.05) is 13.3 Å². The lowest BCUT2D eigenvalue weighted by atomic mass is 9.96. The maximum absolute atomic E-state index is 12.4. The Bertz CT molecular complexity index is 441. The van der Waals surface area contributed by atoms with Crippen LogP contribution in [-0.2, 0) is 14.6 Å². The van der Waals surface area contributed by atoms with Crippen molar-refractivity contribution in [3.8, 4) is 0 Å². The van der Waals surface area contributed by atoms with Gasteiger partial charge < -0.3 is 10.6 Å². The molecule has 1 heterocycles. The van der Waals surface area contributed by atoms with Gasteiger partial charge in [-0.05, 0) is 44.7 Å². The van der Waals surface area contributed by atoms with Crippen molar-refractivity contribution < 1.29 is 13.2 Å². The lowest BCUT2D eigenvalue weighted by Crippen LogP contribution is -2.57. The second kappa shape index (κ2) is 5.40. The predicted octanol–water partition coefficient (Wildman–Crippen LogP) is 0.458. The van der Waals surface area contributed by atoms with Gasteiger partial charge in [0.1, 0.15) is 0 Å². The summed E-state index contributed by atoms with van der Waals surface area (Å²) in [6, 6.07) is 0.195. The SMILES string of the molecule is CCCC1CC1NC(=O)C1(S(C)(=O)=O)CCNCC1. The molecule has 1 amide bonds. The molecule has 0 spiro atoms. The summed E-state index contributed by atoms with van der Waals surface area (Å²) in [4.78, 5) is 12.4. The summed E-state index contributed by atoms with van der Waals surface area (Å²) in [7, 11) is -3.39. The summed E-state index contributed by atoms with van der Waals surface area (Å²) >= 11 is 0. The highest BCUT2D eigenvalue weighted by Crippen LogP contribution is 2.36. The smallest absolute Gasteiger partial charge is 0.241 e. The van der Waals surface area contributed by atoms with E-state index in [1.54, 1.807) is 0 Å². The van der Waals surface area contributed by atoms with Gasteiger partial charge in [-0.25, -0.2) is 8.42 Å². The monoisotopic (exact) mass is 288 g/mol. The Kier molecular flexibility index (Phi) is 4.20. The van der Waals surface area contributed by atoms with Gasteiger partial charge in [0.25, 0.3) is 0 Å². The highest BCUT2D eigenvalue weighted by molar-refractivity contribution is 7.92. The standard InChI is InChI=1S/C13H24N2O3S/c1-3-4-10-9-11(10)15-12(16)13(19(2,17)18)5-7-14-8-6-13/h10-11,14H,3-9H2,1-2H3,(H,15,16). The van der Waals surface area contributed by atoms with Crippen molar-refractivity contribution >= 4 is 15.7 Å². The lowest BCUT2D eigenvalue weighted by molar-refractivity contribution is -0.124. The van der Waals surface area contributed by atoms with Gasteiger partial charge >= 0.3 is 0 Å². The fraction of sp³-hybridized carbons (Fsp3) is 0.923. The number of hydrogen-bond acceptors (Lipinski definition) is 4. The van der Waals surface area contributed by atoms with Crippen LogP contribution in [0.4, 0.5) is 0 Å². The minimum atomic E-state index is -3.39. The molecule has 0 aromatic carbocycles. The van der Waals surface area contributed by atoms with Crippen LogP contribution in [0.1, 0.15) is 39.0 Å². The number of carbonyl (C=O) groups excluding carboxylic acids is 1. The Labute approximate surface area is 115 Å². The fourth-order valence-corrected chi connectivity index (χ4v) is 4.35. The molecule has 110 valence electrons. The Morgan fingerprint density at radius 1 is 1.37 bits per heavy atom. The molecule has 1 aliphatic heterocycles. The Balaban J connectivity index is 2.05. The van der Waals surface area contributed by atoms with Gasteiger partial charge in [0.05, 0.1) is 0 Å². The topological polar surface area (TPSA) is 75.3 Å². The molecule has 5 nitrogen and oxygen atoms in total. The molecule has 0 aromatic rings. The zero-order valence-corrected chi connectivity index (χ0v) is 12.6. The van der Waals surface area contributed by atoms with Gasteiger partial charge in [0.15, 0.2) is 14.6 Å². The molecule has 1 aliphatic carbocycles. The number of nitrogens with one attached hydrogen (secondary N) is 2. The van der Waals surface area contributed by atoms with E-state index in [4.69, 9.17) is 0 Å². The van der Waals surface area contributed by atoms with Crippen LogP contribution in [0.3, 0.4) is 0 Å². The third kappa shape index (κ3) is 2.94. The Morgan fingerprint density at radius 2 is 2.00 bits per heavy atom. The Morgan fingerprint density at radius 3 is 2.53 bits per heavy atom. The van der Waals surface area contributed by atoms with E-state index >= 15 is 0 Å². The molecule has 1 saturated heterocycles. The first-order chi connectivity index (χ1) is 8.90. The van der Waals surface area contributed by atoms with E-state index in [0.717, 1.165) is 19.3 Å². The lowest BCUT2D eigenvalue weighted by Gasteiger charge is -2.34. The van der Waals surface area contributed by atoms with Crippen molar-refractivity contribution in [2.75, 3.05) is 19.3 Å². The minimum absolute atomic E-state index is 0.195. The first-order valence-electron chi connectivity index (χ1n) is 7.12. The quantitative estimate of drug-likeness (QED) is 0.770. The van der Waals surface area contributed by atoms with Crippen molar-refractivity contribution in [3.05, 3.63) is 0 Å². The molecular formula is C13H24N2O3S. The summed E-state index contributed by atoms with van der Waals surface area (Å²) in [5.41, 5.74) is 0. The van der Waals surface area contributed by atoms with Crippen LogP contribution in [-0.4, -0.2) is 44.5 Å². The molecule has 2 fully saturated rings. The second-order valence-corrected chi connectivity index (χ2v) is 8.21. The summed E-state index contributed by atoms with van der Waals surface area (Å²) in [5.74, 6) is 0.271. The van der Waals surface area contributed by atoms with E-state index in [1.165, 1.54) is 6.26 Å². The molecule has 1 saturated carbocycles. The predicted molar refractivity (Wildman–Crippen MR) is 74.6 cm³/mol. The zero-order valence-electron chi connectivity index (χ0n) is 11.7. The van der Waals surface area contributed by atoms with Crippen molar-refractivity contribution in [2.24, 2.45) is 5.92 Å². The maximum atomic E-state index is 12.4. The number of hydrogen-bond donors (Lipinski definition) is 2. The van der Waals surface area contributed by atoms with Crippen molar-refractivity contribution in [2.45, 2.75) is 49.8 Å². The average Bonchev–Trinajstić information content (AvgIpc) is 3.07. The molecule has 0 bridgehead atoms. The number of carbonyl (C=O) groups is 1. The minimum Gasteiger partial charge on any atom is -0.352 e. The van der Waals surface area contributed by atoms with Crippen molar-refractivity contribution in [3.63, 3.8) is 0 Å². The number of sulfone groups is 1. The highest BCUT2D eigenvalue weighted by Gasteiger charge is 2.50. The molecule has 0 aromatic heterocycles. The first-order valence-corrected chi connectivity index (χ1v) is 9.01. The van der Waals surface area contributed by atoms with Gasteiger partial charge in [-0.2, -0.15) is 0 Å². The molecule has 6 heteroatoms. The zero-order chi connectivity index (χ0) is 14.1. The van der Waals surface area contributed by atoms with E-state index in [1.807, 2.05) is 0 Å². The second-order valence-electron chi connectivity index (χ2n) is 5.88. The van der Waals surface area contributed by atoms with Crippen LogP contribution in [0.5, 0.6) is 0 Å². The van der Waals surface area contributed by atoms with Crippen molar-refractivity contribution in [1.82, 2.24) is 10.6 Å². The van der Waals surface area contributed by atoms with Crippen LogP contribution in [0, 0.1) is 5.92 Å². The largest absolute Gasteiger partial charge is 0.352 e. The first kappa shape index (κ1) is 14.8. The number of rotatable bonds is 5. The molecule has 2 unspecified atom stereocenters. The van der Waals surface area contributed by atoms with E-state index in [2.05, 4.69) is 17.6 Å². The van der Waals surface area contributed by atoms with E-state index in [0.29, 0.717) is 31.8 Å². The molecular weight excluding hydrogens is 264 g/mol. The van der Waals surface area contributed by atoms with Gasteiger partial charge in [-0.3, -0.25) is 4.79 Å². The van der Waals surface area contributed by atoms with Gasteiger partial charge in [-0.15, -0.1) is 0 Å². The highest BCUT2D eigenvalue weighted by atomic mass is 32.2. The normalized spacial score (nSPS) is 29.8. The van der Waals surface area contributed by atoms with Crippen LogP contribution in [0.15, 0.2) is 0 Å². The summed E-state index contributed by atoms with van der Waals surface area (Å²) in [5, 5.41) is 6.08. The molecule has 2 atom stereocenters. The number of piperidine rings is 1. The summed E-state index contributed by atoms with van der Waals surface area (Å²) in [6.07, 6.45) is 5.16. The van der Waals surface area contributed by atoms with Crippen LogP contribution in [0.25, 0.3) is 0 Å². The van der Waals surface area contributed by atoms with Gasteiger partial charge in [0.2, 0.25) is 5.91 Å². The van der Waals surface area contributed by atoms with Gasteiger partial charge in [0, 0.05) is 12.3 Å². The summed E-state index contributed by atoms with van der Waals surface area (Å²) < 4.78 is 22.9. The molecule has 2 rings (SSSR count). The molecule has 2 aliphatic rings. The maximum Gasteiger partial charge on any atom is 0.241 e. The van der Waals surface area contributed by atoms with E-state index in [-0.39, 0.29) is 11.9 Å². The van der Waals surface area contributed by atoms with Crippen LogP contribution in [0.2, 0.25) is 0 Å². The van der Waals surface area contributed by atoms with E-state index in [9.17, 15) is 13.2 Å².